The van der Waals surface area contributed by atoms with Crippen molar-refractivity contribution in [2.75, 3.05) is 0 Å². The molecule has 0 aromatic heterocycles. The number of rotatable bonds is 5. The SMILES string of the molecule is CCCCCC.C[CH-]C.O=C(O)CC(=O)O.[H-].[K+].[Li+]. The van der Waals surface area contributed by atoms with Crippen molar-refractivity contribution in [3.8, 4) is 0 Å². The second-order valence-corrected chi connectivity index (χ2v) is 3.25. The number of aliphatic carboxylic acids is 2. The van der Waals surface area contributed by atoms with Crippen LogP contribution < -0.4 is 70.2 Å². The zero-order valence-electron chi connectivity index (χ0n) is 13.8. The Balaban J connectivity index is -0.0000000328. The summed E-state index contributed by atoms with van der Waals surface area (Å²) in [6, 6.07) is 0. The summed E-state index contributed by atoms with van der Waals surface area (Å²) in [5.41, 5.74) is 0. The molecule has 0 spiro atoms. The first-order valence-corrected chi connectivity index (χ1v) is 5.63. The van der Waals surface area contributed by atoms with E-state index < -0.39 is 18.4 Å². The van der Waals surface area contributed by atoms with E-state index in [1.54, 1.807) is 0 Å². The molecule has 0 bridgehead atoms. The van der Waals surface area contributed by atoms with E-state index in [1.807, 2.05) is 20.3 Å². The number of hydrogen-bond donors (Lipinski definition) is 2. The van der Waals surface area contributed by atoms with E-state index >= 15 is 0 Å². The minimum absolute atomic E-state index is 0. The van der Waals surface area contributed by atoms with Gasteiger partial charge in [0.25, 0.3) is 0 Å². The number of carboxylic acids is 2. The largest absolute Gasteiger partial charge is 1.00 e. The molecule has 0 aliphatic rings. The van der Waals surface area contributed by atoms with Crippen molar-refractivity contribution >= 4 is 11.9 Å². The molecular weight excluding hydrogens is 254 g/mol. The van der Waals surface area contributed by atoms with E-state index in [1.165, 1.54) is 25.7 Å². The van der Waals surface area contributed by atoms with Gasteiger partial charge in [-0.05, 0) is 0 Å². The van der Waals surface area contributed by atoms with Gasteiger partial charge in [-0.3, -0.25) is 9.59 Å². The first-order valence-electron chi connectivity index (χ1n) is 5.63. The Morgan fingerprint density at radius 1 is 1.00 bits per heavy atom. The minimum atomic E-state index is -1.31. The van der Waals surface area contributed by atoms with E-state index in [9.17, 15) is 9.59 Å². The van der Waals surface area contributed by atoms with Gasteiger partial charge in [0.15, 0.2) is 0 Å². The maximum Gasteiger partial charge on any atom is 1.00 e. The third-order valence-electron chi connectivity index (χ3n) is 1.26. The molecule has 0 aromatic carbocycles. The van der Waals surface area contributed by atoms with Crippen LogP contribution in [0.15, 0.2) is 0 Å². The minimum Gasteiger partial charge on any atom is -1.00 e. The van der Waals surface area contributed by atoms with Crippen LogP contribution in [0.3, 0.4) is 0 Å². The molecule has 18 heavy (non-hydrogen) atoms. The van der Waals surface area contributed by atoms with Crippen molar-refractivity contribution in [2.45, 2.75) is 59.8 Å². The topological polar surface area (TPSA) is 74.6 Å². The molecule has 0 saturated heterocycles. The second kappa shape index (κ2) is 30.9. The van der Waals surface area contributed by atoms with Crippen molar-refractivity contribution in [1.82, 2.24) is 0 Å². The van der Waals surface area contributed by atoms with E-state index in [0.717, 1.165) is 0 Å². The summed E-state index contributed by atoms with van der Waals surface area (Å²) >= 11 is 0. The Morgan fingerprint density at radius 3 is 1.28 bits per heavy atom. The van der Waals surface area contributed by atoms with E-state index in [-0.39, 0.29) is 71.7 Å². The van der Waals surface area contributed by atoms with Crippen LogP contribution in [-0.2, 0) is 9.59 Å². The Labute approximate surface area is 167 Å². The molecule has 0 radical (unpaired) electrons. The first-order chi connectivity index (χ1) is 7.45. The summed E-state index contributed by atoms with van der Waals surface area (Å²) in [7, 11) is 0. The van der Waals surface area contributed by atoms with Gasteiger partial charge in [-0.2, -0.15) is 13.8 Å². The summed E-state index contributed by atoms with van der Waals surface area (Å²) in [5, 5.41) is 15.4. The molecule has 4 nitrogen and oxygen atoms in total. The average Bonchev–Trinajstić information content (AvgIpc) is 2.14. The van der Waals surface area contributed by atoms with Crippen LogP contribution >= 0.6 is 0 Å². The molecule has 0 unspecified atom stereocenters. The number of carbonyl (C=O) groups is 2. The van der Waals surface area contributed by atoms with Gasteiger partial charge in [0.05, 0.1) is 0 Å². The van der Waals surface area contributed by atoms with Gasteiger partial charge in [0.1, 0.15) is 6.42 Å². The molecule has 0 rings (SSSR count). The standard InChI is InChI=1S/C6H14.C3H4O4.C3H7.K.Li.H/c1-3-5-6-4-2;4-2(5)1-3(6)7;1-3-2;;;/h3-6H2,1-2H3;1H2,(H,4,5)(H,6,7);3H,1-2H3;;;/q;;-1;2*+1;-1. The fourth-order valence-electron chi connectivity index (χ4n) is 0.629. The van der Waals surface area contributed by atoms with Gasteiger partial charge in [0.2, 0.25) is 0 Å². The van der Waals surface area contributed by atoms with Crippen molar-refractivity contribution in [1.29, 1.82) is 0 Å². The summed E-state index contributed by atoms with van der Waals surface area (Å²) in [4.78, 5) is 18.9. The van der Waals surface area contributed by atoms with Crippen molar-refractivity contribution in [3.63, 3.8) is 0 Å². The Hall–Kier alpha value is 1.17. The van der Waals surface area contributed by atoms with Crippen LogP contribution in [0, 0.1) is 6.42 Å². The molecule has 0 aromatic rings. The summed E-state index contributed by atoms with van der Waals surface area (Å²) in [6.07, 6.45) is 6.73. The first kappa shape index (κ1) is 31.5. The normalized spacial score (nSPS) is 7.11. The predicted molar refractivity (Wildman–Crippen MR) is 66.5 cm³/mol. The third kappa shape index (κ3) is 67.2. The Morgan fingerprint density at radius 2 is 1.22 bits per heavy atom. The van der Waals surface area contributed by atoms with E-state index in [4.69, 9.17) is 10.2 Å². The second-order valence-electron chi connectivity index (χ2n) is 3.25. The molecule has 6 heteroatoms. The van der Waals surface area contributed by atoms with Crippen LogP contribution in [0.2, 0.25) is 0 Å². The summed E-state index contributed by atoms with van der Waals surface area (Å²) in [6.45, 7) is 8.46. The predicted octanol–water partition coefficient (Wildman–Crippen LogP) is -2.52. The van der Waals surface area contributed by atoms with Crippen LogP contribution in [-0.4, -0.2) is 22.2 Å². The average molecular weight is 280 g/mol. The van der Waals surface area contributed by atoms with Gasteiger partial charge >= 0.3 is 82.2 Å². The molecule has 0 atom stereocenters. The van der Waals surface area contributed by atoms with Crippen molar-refractivity contribution in [2.24, 2.45) is 0 Å². The van der Waals surface area contributed by atoms with E-state index in [2.05, 4.69) is 13.8 Å². The van der Waals surface area contributed by atoms with E-state index in [0.29, 0.717) is 0 Å². The quantitative estimate of drug-likeness (QED) is 0.252. The third-order valence-corrected chi connectivity index (χ3v) is 1.26. The van der Waals surface area contributed by atoms with Crippen LogP contribution in [0.5, 0.6) is 0 Å². The van der Waals surface area contributed by atoms with Gasteiger partial charge in [-0.15, -0.1) is 0 Å². The summed E-state index contributed by atoms with van der Waals surface area (Å²) in [5.74, 6) is -2.62. The number of carboxylic acid groups (broad SMARTS) is 2. The molecule has 0 heterocycles. The fraction of sp³-hybridized carbons (Fsp3) is 0.750. The summed E-state index contributed by atoms with van der Waals surface area (Å²) < 4.78 is 0. The smallest absolute Gasteiger partial charge is 1.00 e. The Bertz CT molecular complexity index is 156. The molecule has 0 amide bonds. The molecule has 0 aliphatic heterocycles. The molecule has 0 fully saturated rings. The van der Waals surface area contributed by atoms with Gasteiger partial charge in [-0.1, -0.05) is 39.5 Å². The molecule has 0 aliphatic carbocycles. The van der Waals surface area contributed by atoms with Crippen LogP contribution in [0.4, 0.5) is 0 Å². The fourth-order valence-corrected chi connectivity index (χ4v) is 0.629. The number of unbranched alkanes of at least 4 members (excludes halogenated alkanes) is 3. The maximum atomic E-state index is 9.43. The zero-order chi connectivity index (χ0) is 13.4. The Kier molecular flexibility index (Phi) is 54.1. The molecule has 100 valence electrons. The number of hydrogen-bond acceptors (Lipinski definition) is 2. The zero-order valence-corrected chi connectivity index (χ0v) is 15.9. The van der Waals surface area contributed by atoms with Crippen LogP contribution in [0.25, 0.3) is 0 Å². The monoisotopic (exact) mass is 280 g/mol. The van der Waals surface area contributed by atoms with Gasteiger partial charge in [0, 0.05) is 0 Å². The maximum absolute atomic E-state index is 9.43. The van der Waals surface area contributed by atoms with Crippen molar-refractivity contribution < 1.29 is 91.5 Å². The van der Waals surface area contributed by atoms with Gasteiger partial charge < -0.3 is 18.1 Å². The molecule has 0 saturated carbocycles. The molecule has 2 N–H and O–H groups in total. The van der Waals surface area contributed by atoms with Crippen LogP contribution in [0.1, 0.15) is 61.2 Å². The van der Waals surface area contributed by atoms with Gasteiger partial charge in [-0.25, -0.2) is 0 Å². The molecular formula is C12H26KLiO4. The van der Waals surface area contributed by atoms with Crippen molar-refractivity contribution in [3.05, 3.63) is 6.42 Å².